The van der Waals surface area contributed by atoms with E-state index in [0.717, 1.165) is 13.1 Å². The van der Waals surface area contributed by atoms with Crippen LogP contribution in [0.5, 0.6) is 0 Å². The zero-order valence-corrected chi connectivity index (χ0v) is 6.11. The Hall–Kier alpha value is -0.300. The summed E-state index contributed by atoms with van der Waals surface area (Å²) in [4.78, 5) is 0. The van der Waals surface area contributed by atoms with Crippen LogP contribution in [-0.4, -0.2) is 13.1 Å². The van der Waals surface area contributed by atoms with Crippen LogP contribution in [0, 0.1) is 5.41 Å². The fourth-order valence-corrected chi connectivity index (χ4v) is 1.20. The molecule has 1 aliphatic rings. The summed E-state index contributed by atoms with van der Waals surface area (Å²) in [5.41, 5.74) is 0.422. The lowest BCUT2D eigenvalue weighted by atomic mass is 9.81. The normalized spacial score (nSPS) is 25.4. The second-order valence-corrected chi connectivity index (χ2v) is 3.11. The smallest absolute Gasteiger partial charge is 0.00407 e. The summed E-state index contributed by atoms with van der Waals surface area (Å²) in [6.07, 6.45) is 4.58. The van der Waals surface area contributed by atoms with E-state index in [4.69, 9.17) is 0 Å². The van der Waals surface area contributed by atoms with Crippen molar-refractivity contribution in [3.63, 3.8) is 0 Å². The van der Waals surface area contributed by atoms with Crippen molar-refractivity contribution in [2.75, 3.05) is 13.1 Å². The summed E-state index contributed by atoms with van der Waals surface area (Å²) < 4.78 is 0. The molecule has 1 heteroatoms. The minimum atomic E-state index is 0.422. The van der Waals surface area contributed by atoms with Gasteiger partial charge in [-0.25, -0.2) is 0 Å². The monoisotopic (exact) mass is 125 g/mol. The molecule has 0 radical (unpaired) electrons. The predicted molar refractivity (Wildman–Crippen MR) is 40.4 cm³/mol. The van der Waals surface area contributed by atoms with Crippen LogP contribution < -0.4 is 5.32 Å². The van der Waals surface area contributed by atoms with Crippen molar-refractivity contribution in [2.45, 2.75) is 19.8 Å². The Morgan fingerprint density at radius 2 is 2.00 bits per heavy atom. The number of rotatable bonds is 1. The Kier molecular flexibility index (Phi) is 1.91. The lowest BCUT2D eigenvalue weighted by Gasteiger charge is -2.30. The topological polar surface area (TPSA) is 12.0 Å². The second kappa shape index (κ2) is 2.53. The highest BCUT2D eigenvalue weighted by atomic mass is 14.9. The van der Waals surface area contributed by atoms with Crippen LogP contribution in [0.1, 0.15) is 19.8 Å². The van der Waals surface area contributed by atoms with Gasteiger partial charge in [0.1, 0.15) is 0 Å². The van der Waals surface area contributed by atoms with Gasteiger partial charge in [0, 0.05) is 0 Å². The first-order valence-electron chi connectivity index (χ1n) is 3.61. The molecule has 0 aliphatic carbocycles. The van der Waals surface area contributed by atoms with Gasteiger partial charge in [0.25, 0.3) is 0 Å². The highest BCUT2D eigenvalue weighted by molar-refractivity contribution is 4.94. The van der Waals surface area contributed by atoms with E-state index in [1.807, 2.05) is 0 Å². The van der Waals surface area contributed by atoms with Crippen LogP contribution in [0.3, 0.4) is 0 Å². The van der Waals surface area contributed by atoms with Gasteiger partial charge >= 0.3 is 0 Å². The maximum atomic E-state index is 3.83. The maximum absolute atomic E-state index is 3.83. The molecular formula is C8H15N. The van der Waals surface area contributed by atoms with Gasteiger partial charge < -0.3 is 5.32 Å². The molecule has 0 unspecified atom stereocenters. The molecule has 1 heterocycles. The number of allylic oxidation sites excluding steroid dienone is 1. The van der Waals surface area contributed by atoms with Gasteiger partial charge in [-0.15, -0.1) is 6.58 Å². The van der Waals surface area contributed by atoms with Gasteiger partial charge in [0.05, 0.1) is 0 Å². The maximum Gasteiger partial charge on any atom is -0.00407 e. The standard InChI is InChI=1S/C8H15N/c1-3-8(2)4-6-9-7-5-8/h3,9H,1,4-7H2,2H3. The zero-order chi connectivity index (χ0) is 6.74. The molecule has 0 amide bonds. The first-order chi connectivity index (χ1) is 4.27. The molecule has 1 nitrogen and oxygen atoms in total. The number of hydrogen-bond acceptors (Lipinski definition) is 1. The molecule has 0 saturated carbocycles. The van der Waals surface area contributed by atoms with Crippen molar-refractivity contribution in [3.8, 4) is 0 Å². The van der Waals surface area contributed by atoms with E-state index in [9.17, 15) is 0 Å². The Balaban J connectivity index is 2.46. The SMILES string of the molecule is C=CC1(C)CCNCC1. The molecular weight excluding hydrogens is 110 g/mol. The number of nitrogens with one attached hydrogen (secondary N) is 1. The Labute approximate surface area is 57.1 Å². The average molecular weight is 125 g/mol. The summed E-state index contributed by atoms with van der Waals surface area (Å²) in [6.45, 7) is 8.42. The molecule has 1 aliphatic heterocycles. The second-order valence-electron chi connectivity index (χ2n) is 3.11. The summed E-state index contributed by atoms with van der Waals surface area (Å²) in [6, 6.07) is 0. The summed E-state index contributed by atoms with van der Waals surface area (Å²) in [7, 11) is 0. The molecule has 0 bridgehead atoms. The van der Waals surface area contributed by atoms with E-state index in [-0.39, 0.29) is 0 Å². The van der Waals surface area contributed by atoms with Crippen molar-refractivity contribution in [2.24, 2.45) is 5.41 Å². The van der Waals surface area contributed by atoms with Crippen LogP contribution in [0.15, 0.2) is 12.7 Å². The third-order valence-corrected chi connectivity index (χ3v) is 2.24. The first-order valence-corrected chi connectivity index (χ1v) is 3.61. The van der Waals surface area contributed by atoms with Gasteiger partial charge in [-0.05, 0) is 31.3 Å². The van der Waals surface area contributed by atoms with Crippen LogP contribution in [-0.2, 0) is 0 Å². The minimum absolute atomic E-state index is 0.422. The van der Waals surface area contributed by atoms with E-state index in [1.54, 1.807) is 0 Å². The first kappa shape index (κ1) is 6.81. The molecule has 1 N–H and O–H groups in total. The van der Waals surface area contributed by atoms with Crippen molar-refractivity contribution in [1.82, 2.24) is 5.32 Å². The lowest BCUT2D eigenvalue weighted by molar-refractivity contribution is 0.302. The van der Waals surface area contributed by atoms with Crippen molar-refractivity contribution in [1.29, 1.82) is 0 Å². The zero-order valence-electron chi connectivity index (χ0n) is 6.11. The summed E-state index contributed by atoms with van der Waals surface area (Å²) >= 11 is 0. The average Bonchev–Trinajstić information content (AvgIpc) is 1.90. The van der Waals surface area contributed by atoms with Crippen LogP contribution >= 0.6 is 0 Å². The quantitative estimate of drug-likeness (QED) is 0.524. The Morgan fingerprint density at radius 1 is 1.44 bits per heavy atom. The summed E-state index contributed by atoms with van der Waals surface area (Å²) in [5, 5.41) is 3.33. The molecule has 0 aromatic carbocycles. The molecule has 0 spiro atoms. The van der Waals surface area contributed by atoms with Crippen molar-refractivity contribution >= 4 is 0 Å². The number of hydrogen-bond donors (Lipinski definition) is 1. The molecule has 1 rings (SSSR count). The van der Waals surface area contributed by atoms with E-state index in [0.29, 0.717) is 5.41 Å². The largest absolute Gasteiger partial charge is 0.317 e. The fraction of sp³-hybridized carbons (Fsp3) is 0.750. The molecule has 52 valence electrons. The molecule has 9 heavy (non-hydrogen) atoms. The van der Waals surface area contributed by atoms with Gasteiger partial charge in [-0.3, -0.25) is 0 Å². The van der Waals surface area contributed by atoms with Gasteiger partial charge in [-0.2, -0.15) is 0 Å². The number of piperidine rings is 1. The van der Waals surface area contributed by atoms with Crippen LogP contribution in [0.25, 0.3) is 0 Å². The van der Waals surface area contributed by atoms with E-state index < -0.39 is 0 Å². The Morgan fingerprint density at radius 3 is 2.33 bits per heavy atom. The molecule has 0 aromatic heterocycles. The van der Waals surface area contributed by atoms with Gasteiger partial charge in [0.2, 0.25) is 0 Å². The highest BCUT2D eigenvalue weighted by Gasteiger charge is 2.21. The third kappa shape index (κ3) is 1.55. The predicted octanol–water partition coefficient (Wildman–Crippen LogP) is 1.56. The van der Waals surface area contributed by atoms with E-state index in [1.165, 1.54) is 12.8 Å². The molecule has 1 fully saturated rings. The van der Waals surface area contributed by atoms with E-state index in [2.05, 4.69) is 24.9 Å². The fourth-order valence-electron chi connectivity index (χ4n) is 1.20. The van der Waals surface area contributed by atoms with Crippen molar-refractivity contribution in [3.05, 3.63) is 12.7 Å². The van der Waals surface area contributed by atoms with Gasteiger partial charge in [0.15, 0.2) is 0 Å². The van der Waals surface area contributed by atoms with Crippen LogP contribution in [0.4, 0.5) is 0 Å². The molecule has 0 aromatic rings. The molecule has 1 saturated heterocycles. The highest BCUT2D eigenvalue weighted by Crippen LogP contribution is 2.28. The lowest BCUT2D eigenvalue weighted by Crippen LogP contribution is -2.33. The third-order valence-electron chi connectivity index (χ3n) is 2.24. The Bertz CT molecular complexity index is 101. The van der Waals surface area contributed by atoms with E-state index >= 15 is 0 Å². The molecule has 0 atom stereocenters. The van der Waals surface area contributed by atoms with Gasteiger partial charge in [-0.1, -0.05) is 13.0 Å². The summed E-state index contributed by atoms with van der Waals surface area (Å²) in [5.74, 6) is 0. The van der Waals surface area contributed by atoms with Crippen LogP contribution in [0.2, 0.25) is 0 Å². The minimum Gasteiger partial charge on any atom is -0.317 e. The van der Waals surface area contributed by atoms with Crippen molar-refractivity contribution < 1.29 is 0 Å².